The van der Waals surface area contributed by atoms with Crippen molar-refractivity contribution in [3.63, 3.8) is 0 Å². The summed E-state index contributed by atoms with van der Waals surface area (Å²) in [5.41, 5.74) is 3.26. The monoisotopic (exact) mass is 574 g/mol. The van der Waals surface area contributed by atoms with Gasteiger partial charge in [-0.1, -0.05) is 63.2 Å². The molecule has 1 aliphatic rings. The molecule has 0 radical (unpaired) electrons. The number of nitrogens with zero attached hydrogens (tertiary/aromatic N) is 3. The van der Waals surface area contributed by atoms with E-state index < -0.39 is 21.9 Å². The molecule has 1 aliphatic carbocycles. The van der Waals surface area contributed by atoms with Crippen LogP contribution in [0.2, 0.25) is 0 Å². The van der Waals surface area contributed by atoms with Gasteiger partial charge in [-0.2, -0.15) is 0 Å². The molecule has 1 N–H and O–H groups in total. The Balaban J connectivity index is 1.49. The lowest BCUT2D eigenvalue weighted by Crippen LogP contribution is -2.32. The number of amides is 1. The van der Waals surface area contributed by atoms with Gasteiger partial charge in [0.2, 0.25) is 15.9 Å². The van der Waals surface area contributed by atoms with E-state index in [-0.39, 0.29) is 28.7 Å². The second kappa shape index (κ2) is 11.2. The molecule has 9 heteroatoms. The van der Waals surface area contributed by atoms with Gasteiger partial charge in [-0.05, 0) is 64.8 Å². The summed E-state index contributed by atoms with van der Waals surface area (Å²) in [4.78, 5) is 19.9. The van der Waals surface area contributed by atoms with Crippen LogP contribution < -0.4 is 9.62 Å². The molecule has 41 heavy (non-hydrogen) atoms. The van der Waals surface area contributed by atoms with E-state index in [1.165, 1.54) is 18.2 Å². The maximum atomic E-state index is 13.9. The van der Waals surface area contributed by atoms with E-state index in [1.54, 1.807) is 11.1 Å². The van der Waals surface area contributed by atoms with Crippen LogP contribution in [0.3, 0.4) is 0 Å². The van der Waals surface area contributed by atoms with Gasteiger partial charge >= 0.3 is 0 Å². The molecule has 1 heterocycles. The van der Waals surface area contributed by atoms with E-state index in [4.69, 9.17) is 0 Å². The zero-order chi connectivity index (χ0) is 29.4. The molecule has 4 aromatic rings. The number of aromatic nitrogens is 2. The first-order valence-electron chi connectivity index (χ1n) is 13.7. The summed E-state index contributed by atoms with van der Waals surface area (Å²) in [6.07, 6.45) is 4.37. The Kier molecular flexibility index (Phi) is 7.85. The van der Waals surface area contributed by atoms with Crippen molar-refractivity contribution in [1.29, 1.82) is 0 Å². The Morgan fingerprint density at radius 2 is 1.88 bits per heavy atom. The average molecular weight is 575 g/mol. The molecule has 0 unspecified atom stereocenters. The second-order valence-corrected chi connectivity index (χ2v) is 13.2. The van der Waals surface area contributed by atoms with Crippen molar-refractivity contribution >= 4 is 21.6 Å². The molecule has 214 valence electrons. The summed E-state index contributed by atoms with van der Waals surface area (Å²) in [6, 6.07) is 20.2. The fourth-order valence-electron chi connectivity index (χ4n) is 5.63. The normalized spacial score (nSPS) is 16.8. The van der Waals surface area contributed by atoms with Crippen molar-refractivity contribution in [3.05, 3.63) is 114 Å². The number of aryl methyl sites for hydroxylation is 1. The summed E-state index contributed by atoms with van der Waals surface area (Å²) in [6.45, 7) is 6.45. The predicted octanol–water partition coefficient (Wildman–Crippen LogP) is 5.99. The van der Waals surface area contributed by atoms with E-state index in [2.05, 4.69) is 23.6 Å². The van der Waals surface area contributed by atoms with Crippen LogP contribution in [0, 0.1) is 5.82 Å². The molecule has 1 amide bonds. The molecule has 0 fully saturated rings. The van der Waals surface area contributed by atoms with Gasteiger partial charge in [-0.25, -0.2) is 22.5 Å². The van der Waals surface area contributed by atoms with Crippen molar-refractivity contribution in [3.8, 4) is 0 Å². The van der Waals surface area contributed by atoms with E-state index in [0.29, 0.717) is 18.5 Å². The number of hydrogen-bond donors (Lipinski definition) is 1. The van der Waals surface area contributed by atoms with Crippen LogP contribution in [0.1, 0.15) is 68.1 Å². The minimum absolute atomic E-state index is 0.00626. The standard InChI is InChI=1S/C32H35FN4O3S/c1-22(23-9-6-5-7-10-23)17-31(38)37(21-30-34-15-16-36(30)4)25-13-14-28-27(19-25)29(20-32(28,2)3)35-41(39,40)26-12-8-11-24(33)18-26/h5-16,18-19,22,29,35H,17,20-21H2,1-4H3/t22-,29-/m1/s1. The van der Waals surface area contributed by atoms with Crippen molar-refractivity contribution in [1.82, 2.24) is 14.3 Å². The molecule has 1 aromatic heterocycles. The van der Waals surface area contributed by atoms with E-state index in [0.717, 1.165) is 28.6 Å². The zero-order valence-corrected chi connectivity index (χ0v) is 24.5. The largest absolute Gasteiger partial charge is 0.337 e. The number of imidazole rings is 1. The molecule has 7 nitrogen and oxygen atoms in total. The molecule has 2 atom stereocenters. The molecule has 0 saturated carbocycles. The van der Waals surface area contributed by atoms with Gasteiger partial charge in [0.05, 0.1) is 11.4 Å². The lowest BCUT2D eigenvalue weighted by Gasteiger charge is -2.26. The lowest BCUT2D eigenvalue weighted by atomic mass is 9.86. The Morgan fingerprint density at radius 1 is 1.12 bits per heavy atom. The topological polar surface area (TPSA) is 84.3 Å². The molecule has 3 aromatic carbocycles. The minimum Gasteiger partial charge on any atom is -0.337 e. The lowest BCUT2D eigenvalue weighted by molar-refractivity contribution is -0.119. The first-order valence-corrected chi connectivity index (χ1v) is 15.2. The van der Waals surface area contributed by atoms with Crippen molar-refractivity contribution in [2.45, 2.75) is 62.4 Å². The summed E-state index contributed by atoms with van der Waals surface area (Å²) in [7, 11) is -2.10. The maximum Gasteiger partial charge on any atom is 0.241 e. The number of carbonyl (C=O) groups excluding carboxylic acids is 1. The van der Waals surface area contributed by atoms with Crippen LogP contribution in [-0.4, -0.2) is 23.9 Å². The van der Waals surface area contributed by atoms with E-state index in [1.807, 2.05) is 73.3 Å². The Labute approximate surface area is 241 Å². The van der Waals surface area contributed by atoms with Gasteiger partial charge in [-0.3, -0.25) is 4.79 Å². The van der Waals surface area contributed by atoms with E-state index >= 15 is 0 Å². The molecular formula is C32H35FN4O3S. The van der Waals surface area contributed by atoms with Gasteiger partial charge in [-0.15, -0.1) is 0 Å². The Hall–Kier alpha value is -3.82. The number of fused-ring (bicyclic) bond motifs is 1. The number of anilines is 1. The van der Waals surface area contributed by atoms with Crippen molar-refractivity contribution in [2.75, 3.05) is 4.90 Å². The number of hydrogen-bond acceptors (Lipinski definition) is 4. The smallest absolute Gasteiger partial charge is 0.241 e. The zero-order valence-electron chi connectivity index (χ0n) is 23.7. The fourth-order valence-corrected chi connectivity index (χ4v) is 6.88. The third-order valence-electron chi connectivity index (χ3n) is 7.94. The molecule has 0 saturated heterocycles. The first-order chi connectivity index (χ1) is 19.4. The summed E-state index contributed by atoms with van der Waals surface area (Å²) in [5, 5.41) is 0. The highest BCUT2D eigenvalue weighted by atomic mass is 32.2. The quantitative estimate of drug-likeness (QED) is 0.266. The molecule has 5 rings (SSSR count). The summed E-state index contributed by atoms with van der Waals surface area (Å²) >= 11 is 0. The average Bonchev–Trinajstić information content (AvgIpc) is 3.45. The van der Waals surface area contributed by atoms with Crippen molar-refractivity contribution < 1.29 is 17.6 Å². The van der Waals surface area contributed by atoms with Crippen LogP contribution in [0.5, 0.6) is 0 Å². The number of benzene rings is 3. The molecular weight excluding hydrogens is 539 g/mol. The van der Waals surface area contributed by atoms with Crippen molar-refractivity contribution in [2.24, 2.45) is 7.05 Å². The Morgan fingerprint density at radius 3 is 2.56 bits per heavy atom. The van der Waals surface area contributed by atoms with Crippen LogP contribution in [0.25, 0.3) is 0 Å². The first kappa shape index (κ1) is 28.7. The highest BCUT2D eigenvalue weighted by Gasteiger charge is 2.39. The van der Waals surface area contributed by atoms with Crippen LogP contribution in [0.4, 0.5) is 10.1 Å². The second-order valence-electron chi connectivity index (χ2n) is 11.4. The SMILES string of the molecule is C[C@H](CC(=O)N(Cc1nccn1C)c1ccc2c(c1)[C@H](NS(=O)(=O)c1cccc(F)c1)CC2(C)C)c1ccccc1. The van der Waals surface area contributed by atoms with Gasteiger partial charge < -0.3 is 9.47 Å². The number of rotatable bonds is 9. The van der Waals surface area contributed by atoms with Gasteiger partial charge in [0.15, 0.2) is 0 Å². The Bertz CT molecular complexity index is 1670. The van der Waals surface area contributed by atoms with Gasteiger partial charge in [0.25, 0.3) is 0 Å². The predicted molar refractivity (Wildman–Crippen MR) is 157 cm³/mol. The van der Waals surface area contributed by atoms with Crippen LogP contribution in [0.15, 0.2) is 90.1 Å². The minimum atomic E-state index is -3.99. The molecule has 0 spiro atoms. The third-order valence-corrected chi connectivity index (χ3v) is 9.41. The fraction of sp³-hybridized carbons (Fsp3) is 0.312. The number of sulfonamides is 1. The highest BCUT2D eigenvalue weighted by Crippen LogP contribution is 2.46. The third kappa shape index (κ3) is 6.11. The summed E-state index contributed by atoms with van der Waals surface area (Å²) < 4.78 is 45.0. The highest BCUT2D eigenvalue weighted by molar-refractivity contribution is 7.89. The van der Waals surface area contributed by atoms with E-state index in [9.17, 15) is 17.6 Å². The maximum absolute atomic E-state index is 13.9. The van der Waals surface area contributed by atoms with Gasteiger partial charge in [0, 0.05) is 37.6 Å². The van der Waals surface area contributed by atoms with Crippen LogP contribution >= 0.6 is 0 Å². The van der Waals surface area contributed by atoms with Gasteiger partial charge in [0.1, 0.15) is 11.6 Å². The molecule has 0 bridgehead atoms. The number of carbonyl (C=O) groups is 1. The number of halogens is 1. The summed E-state index contributed by atoms with van der Waals surface area (Å²) in [5.74, 6) is 0.0654. The number of nitrogens with one attached hydrogen (secondary N) is 1. The van der Waals surface area contributed by atoms with Crippen LogP contribution in [-0.2, 0) is 33.8 Å². The molecule has 0 aliphatic heterocycles.